The van der Waals surface area contributed by atoms with Crippen molar-refractivity contribution in [1.29, 1.82) is 0 Å². The van der Waals surface area contributed by atoms with Gasteiger partial charge in [0.1, 0.15) is 6.61 Å². The average molecular weight is 404 g/mol. The number of hydrogen-bond acceptors (Lipinski definition) is 4. The molecule has 150 valence electrons. The maximum absolute atomic E-state index is 13.0. The lowest BCUT2D eigenvalue weighted by molar-refractivity contribution is -0.256. The predicted molar refractivity (Wildman–Crippen MR) is 108 cm³/mol. The smallest absolute Gasteiger partial charge is 0.410 e. The number of ether oxygens (including phenoxy) is 3. The van der Waals surface area contributed by atoms with E-state index in [-0.39, 0.29) is 18.8 Å². The van der Waals surface area contributed by atoms with Crippen LogP contribution in [0.15, 0.2) is 54.6 Å². The molecule has 5 nitrogen and oxygen atoms in total. The SMILES string of the molecule is C[C@@H]1OC(C)(C)OCCN(C(=O)OCc2ccccc2)C1c1cccc(Cl)c1. The summed E-state index contributed by atoms with van der Waals surface area (Å²) < 4.78 is 17.5. The van der Waals surface area contributed by atoms with Gasteiger partial charge in [-0.1, -0.05) is 54.1 Å². The van der Waals surface area contributed by atoms with Gasteiger partial charge in [0.2, 0.25) is 0 Å². The summed E-state index contributed by atoms with van der Waals surface area (Å²) in [7, 11) is 0. The third-order valence-electron chi connectivity index (χ3n) is 4.66. The Balaban J connectivity index is 1.85. The van der Waals surface area contributed by atoms with Crippen LogP contribution in [0.3, 0.4) is 0 Å². The molecule has 2 aromatic rings. The van der Waals surface area contributed by atoms with E-state index in [0.29, 0.717) is 18.2 Å². The standard InChI is InChI=1S/C22H26ClNO4/c1-16-20(18-10-7-11-19(23)14-18)24(12-13-27-22(2,3)28-16)21(25)26-15-17-8-5-4-6-9-17/h4-11,14,16,20H,12-13,15H2,1-3H3/t16-,20?/m0/s1. The number of rotatable bonds is 3. The van der Waals surface area contributed by atoms with E-state index in [9.17, 15) is 4.79 Å². The van der Waals surface area contributed by atoms with Crippen LogP contribution in [-0.4, -0.2) is 36.0 Å². The Morgan fingerprint density at radius 3 is 2.68 bits per heavy atom. The quantitative estimate of drug-likeness (QED) is 0.707. The van der Waals surface area contributed by atoms with E-state index in [1.165, 1.54) is 0 Å². The number of benzene rings is 2. The first kappa shape index (κ1) is 20.6. The molecule has 2 aromatic carbocycles. The number of halogens is 1. The van der Waals surface area contributed by atoms with Gasteiger partial charge in [-0.25, -0.2) is 4.79 Å². The summed E-state index contributed by atoms with van der Waals surface area (Å²) in [5.41, 5.74) is 1.83. The Morgan fingerprint density at radius 1 is 1.21 bits per heavy atom. The van der Waals surface area contributed by atoms with Crippen molar-refractivity contribution in [3.8, 4) is 0 Å². The Hall–Kier alpha value is -2.08. The molecule has 1 fully saturated rings. The van der Waals surface area contributed by atoms with E-state index < -0.39 is 11.9 Å². The molecular weight excluding hydrogens is 378 g/mol. The van der Waals surface area contributed by atoms with Crippen molar-refractivity contribution in [3.63, 3.8) is 0 Å². The van der Waals surface area contributed by atoms with Crippen LogP contribution in [-0.2, 0) is 20.8 Å². The minimum absolute atomic E-state index is 0.208. The molecule has 0 N–H and O–H groups in total. The number of carbonyl (C=O) groups excluding carboxylic acids is 1. The molecule has 1 aliphatic heterocycles. The van der Waals surface area contributed by atoms with Crippen LogP contribution in [0.25, 0.3) is 0 Å². The van der Waals surface area contributed by atoms with E-state index in [4.69, 9.17) is 25.8 Å². The fraction of sp³-hybridized carbons (Fsp3) is 0.409. The normalized spacial score (nSPS) is 22.2. The van der Waals surface area contributed by atoms with Crippen LogP contribution in [0.2, 0.25) is 5.02 Å². The predicted octanol–water partition coefficient (Wildman–Crippen LogP) is 5.19. The number of carbonyl (C=O) groups is 1. The second kappa shape index (κ2) is 8.95. The third kappa shape index (κ3) is 5.25. The largest absolute Gasteiger partial charge is 0.445 e. The average Bonchev–Trinajstić information content (AvgIpc) is 2.64. The van der Waals surface area contributed by atoms with Gasteiger partial charge in [0.25, 0.3) is 0 Å². The van der Waals surface area contributed by atoms with Crippen LogP contribution in [0.4, 0.5) is 4.79 Å². The third-order valence-corrected chi connectivity index (χ3v) is 4.90. The molecule has 1 saturated heterocycles. The van der Waals surface area contributed by atoms with Gasteiger partial charge in [0.15, 0.2) is 5.79 Å². The van der Waals surface area contributed by atoms with Gasteiger partial charge in [-0.15, -0.1) is 0 Å². The molecule has 1 amide bonds. The van der Waals surface area contributed by atoms with Crippen molar-refractivity contribution < 1.29 is 19.0 Å². The van der Waals surface area contributed by atoms with Crippen molar-refractivity contribution in [3.05, 3.63) is 70.7 Å². The van der Waals surface area contributed by atoms with E-state index >= 15 is 0 Å². The molecule has 0 aliphatic carbocycles. The lowest BCUT2D eigenvalue weighted by Gasteiger charge is -2.41. The van der Waals surface area contributed by atoms with Crippen LogP contribution < -0.4 is 0 Å². The topological polar surface area (TPSA) is 48.0 Å². The monoisotopic (exact) mass is 403 g/mol. The van der Waals surface area contributed by atoms with Crippen molar-refractivity contribution in [2.75, 3.05) is 13.2 Å². The van der Waals surface area contributed by atoms with Crippen molar-refractivity contribution in [2.24, 2.45) is 0 Å². The highest BCUT2D eigenvalue weighted by atomic mass is 35.5. The zero-order valence-electron chi connectivity index (χ0n) is 16.4. The summed E-state index contributed by atoms with van der Waals surface area (Å²) >= 11 is 6.21. The van der Waals surface area contributed by atoms with Crippen LogP contribution in [0.5, 0.6) is 0 Å². The summed E-state index contributed by atoms with van der Waals surface area (Å²) in [6.45, 7) is 6.63. The van der Waals surface area contributed by atoms with Crippen molar-refractivity contribution in [2.45, 2.75) is 45.3 Å². The molecule has 0 spiro atoms. The van der Waals surface area contributed by atoms with Gasteiger partial charge >= 0.3 is 6.09 Å². The van der Waals surface area contributed by atoms with Crippen LogP contribution in [0, 0.1) is 0 Å². The van der Waals surface area contributed by atoms with E-state index in [2.05, 4.69) is 0 Å². The Labute approximate surface area is 171 Å². The fourth-order valence-corrected chi connectivity index (χ4v) is 3.68. The van der Waals surface area contributed by atoms with Crippen LogP contribution >= 0.6 is 11.6 Å². The molecule has 28 heavy (non-hydrogen) atoms. The molecule has 1 unspecified atom stereocenters. The molecular formula is C22H26ClNO4. The Morgan fingerprint density at radius 2 is 1.96 bits per heavy atom. The molecule has 3 rings (SSSR count). The molecule has 0 aromatic heterocycles. The van der Waals surface area contributed by atoms with Gasteiger partial charge in [-0.2, -0.15) is 0 Å². The van der Waals surface area contributed by atoms with Gasteiger partial charge in [-0.05, 0) is 44.0 Å². The maximum atomic E-state index is 13.0. The molecule has 1 heterocycles. The first-order chi connectivity index (χ1) is 13.4. The number of nitrogens with zero attached hydrogens (tertiary/aromatic N) is 1. The highest BCUT2D eigenvalue weighted by molar-refractivity contribution is 6.30. The van der Waals surface area contributed by atoms with E-state index in [1.54, 1.807) is 4.90 Å². The lowest BCUT2D eigenvalue weighted by atomic mass is 10.00. The van der Waals surface area contributed by atoms with Crippen molar-refractivity contribution >= 4 is 17.7 Å². The first-order valence-electron chi connectivity index (χ1n) is 9.40. The maximum Gasteiger partial charge on any atom is 0.410 e. The first-order valence-corrected chi connectivity index (χ1v) is 9.78. The summed E-state index contributed by atoms with van der Waals surface area (Å²) in [6.07, 6.45) is -0.731. The summed E-state index contributed by atoms with van der Waals surface area (Å²) in [4.78, 5) is 14.6. The van der Waals surface area contributed by atoms with E-state index in [1.807, 2.05) is 75.4 Å². The highest BCUT2D eigenvalue weighted by Crippen LogP contribution is 2.33. The highest BCUT2D eigenvalue weighted by Gasteiger charge is 2.37. The zero-order chi connectivity index (χ0) is 20.1. The van der Waals surface area contributed by atoms with Crippen molar-refractivity contribution in [1.82, 2.24) is 4.90 Å². The van der Waals surface area contributed by atoms with Gasteiger partial charge in [0, 0.05) is 11.6 Å². The lowest BCUT2D eigenvalue weighted by Crippen LogP contribution is -2.49. The Kier molecular flexibility index (Phi) is 6.60. The molecule has 2 atom stereocenters. The minimum Gasteiger partial charge on any atom is -0.445 e. The van der Waals surface area contributed by atoms with Gasteiger partial charge in [-0.3, -0.25) is 4.90 Å². The van der Waals surface area contributed by atoms with Gasteiger partial charge < -0.3 is 14.2 Å². The zero-order valence-corrected chi connectivity index (χ0v) is 17.2. The molecule has 1 aliphatic rings. The van der Waals surface area contributed by atoms with E-state index in [0.717, 1.165) is 11.1 Å². The molecule has 0 bridgehead atoms. The molecule has 0 saturated carbocycles. The summed E-state index contributed by atoms with van der Waals surface area (Å²) in [5, 5.41) is 0.611. The minimum atomic E-state index is -0.740. The second-order valence-electron chi connectivity index (χ2n) is 7.30. The van der Waals surface area contributed by atoms with Crippen LogP contribution in [0.1, 0.15) is 37.9 Å². The Bertz CT molecular complexity index is 796. The summed E-state index contributed by atoms with van der Waals surface area (Å²) in [6, 6.07) is 16.8. The summed E-state index contributed by atoms with van der Waals surface area (Å²) in [5.74, 6) is -0.740. The fourth-order valence-electron chi connectivity index (χ4n) is 3.48. The second-order valence-corrected chi connectivity index (χ2v) is 7.74. The number of hydrogen-bond donors (Lipinski definition) is 0. The van der Waals surface area contributed by atoms with Gasteiger partial charge in [0.05, 0.1) is 18.8 Å². The molecule has 6 heteroatoms. The molecule has 0 radical (unpaired) electrons. The number of amides is 1.